The number of hydrogen-bond donors (Lipinski definition) is 2. The Morgan fingerprint density at radius 2 is 2.18 bits per heavy atom. The molecule has 0 spiro atoms. The van der Waals surface area contributed by atoms with Gasteiger partial charge in [-0.2, -0.15) is 0 Å². The quantitative estimate of drug-likeness (QED) is 0.318. The van der Waals surface area contributed by atoms with Crippen LogP contribution in [0.3, 0.4) is 0 Å². The molecular weight excluding hydrogens is 376 g/mol. The summed E-state index contributed by atoms with van der Waals surface area (Å²) in [4.78, 5) is 37.3. The van der Waals surface area contributed by atoms with Gasteiger partial charge in [-0.3, -0.25) is 9.78 Å². The highest BCUT2D eigenvalue weighted by Crippen LogP contribution is 2.39. The van der Waals surface area contributed by atoms with E-state index >= 15 is 0 Å². The Bertz CT molecular complexity index is 940. The number of fused-ring (bicyclic) bond motifs is 1. The van der Waals surface area contributed by atoms with Gasteiger partial charge in [0, 0.05) is 23.8 Å². The minimum atomic E-state index is -0.588. The summed E-state index contributed by atoms with van der Waals surface area (Å²) in [5.74, 6) is 0.317. The predicted molar refractivity (Wildman–Crippen MR) is 110 cm³/mol. The lowest BCUT2D eigenvalue weighted by Crippen LogP contribution is -2.31. The van der Waals surface area contributed by atoms with E-state index in [0.717, 1.165) is 24.2 Å². The first kappa shape index (κ1) is 20.1. The molecule has 8 heteroatoms. The fourth-order valence-electron chi connectivity index (χ4n) is 3.17. The van der Waals surface area contributed by atoms with Crippen LogP contribution in [-0.2, 0) is 9.53 Å². The van der Waals surface area contributed by atoms with Crippen LogP contribution in [0.2, 0.25) is 0 Å². The van der Waals surface area contributed by atoms with Crippen LogP contribution in [0.15, 0.2) is 45.7 Å². The maximum atomic E-state index is 13.0. The third kappa shape index (κ3) is 4.11. The van der Waals surface area contributed by atoms with Crippen molar-refractivity contribution in [3.05, 3.63) is 57.3 Å². The molecule has 0 aliphatic carbocycles. The second kappa shape index (κ2) is 9.05. The fraction of sp³-hybridized carbons (Fsp3) is 0.400. The molecule has 0 radical (unpaired) electrons. The molecule has 28 heavy (non-hydrogen) atoms. The number of hydrogen-bond acceptors (Lipinski definition) is 7. The molecule has 0 amide bonds. The number of nitrogens with zero attached hydrogens (tertiary/aromatic N) is 2. The zero-order chi connectivity index (χ0) is 20.1. The van der Waals surface area contributed by atoms with Gasteiger partial charge in [-0.15, -0.1) is 0 Å². The Balaban J connectivity index is 2.11. The van der Waals surface area contributed by atoms with Gasteiger partial charge in [0.25, 0.3) is 5.56 Å². The van der Waals surface area contributed by atoms with Crippen molar-refractivity contribution in [2.45, 2.75) is 44.7 Å². The summed E-state index contributed by atoms with van der Waals surface area (Å²) in [6.07, 6.45) is 5.44. The highest BCUT2D eigenvalue weighted by molar-refractivity contribution is 7.99. The summed E-state index contributed by atoms with van der Waals surface area (Å²) in [5, 5.41) is 3.71. The summed E-state index contributed by atoms with van der Waals surface area (Å²) in [6.45, 7) is 5.93. The Labute approximate surface area is 168 Å². The average molecular weight is 401 g/mol. The third-order valence-electron chi connectivity index (χ3n) is 4.47. The van der Waals surface area contributed by atoms with Gasteiger partial charge >= 0.3 is 5.97 Å². The SMILES string of the molecule is CCCCSc1nc2c(c(=O)[nH]1)[C@H](c1cccnc1)C(C(=O)OCC)=C(C)N2. The number of ether oxygens (including phenoxy) is 1. The van der Waals surface area contributed by atoms with E-state index in [1.54, 1.807) is 32.3 Å². The van der Waals surface area contributed by atoms with Crippen LogP contribution >= 0.6 is 11.8 Å². The van der Waals surface area contributed by atoms with Crippen molar-refractivity contribution in [2.24, 2.45) is 0 Å². The van der Waals surface area contributed by atoms with Crippen LogP contribution in [0.4, 0.5) is 5.82 Å². The summed E-state index contributed by atoms with van der Waals surface area (Å²) < 4.78 is 5.25. The average Bonchev–Trinajstić information content (AvgIpc) is 2.68. The highest BCUT2D eigenvalue weighted by atomic mass is 32.2. The lowest BCUT2D eigenvalue weighted by Gasteiger charge is -2.28. The standard InChI is InChI=1S/C20H24N4O3S/c1-4-6-10-28-20-23-17-16(18(25)24-20)15(13-8-7-9-21-11-13)14(12(3)22-17)19(26)27-5-2/h7-9,11,15H,4-6,10H2,1-3H3,(H2,22,23,24,25)/t15-/m1/s1. The van der Waals surface area contributed by atoms with Gasteiger partial charge in [0.2, 0.25) is 0 Å². The Morgan fingerprint density at radius 1 is 1.36 bits per heavy atom. The van der Waals surface area contributed by atoms with Gasteiger partial charge in [-0.25, -0.2) is 9.78 Å². The van der Waals surface area contributed by atoms with Crippen molar-refractivity contribution in [1.82, 2.24) is 15.0 Å². The second-order valence-corrected chi connectivity index (χ2v) is 7.52. The number of allylic oxidation sites excluding steroid dienone is 1. The van der Waals surface area contributed by atoms with Crippen molar-refractivity contribution < 1.29 is 9.53 Å². The molecule has 0 saturated heterocycles. The van der Waals surface area contributed by atoms with E-state index in [-0.39, 0.29) is 12.2 Å². The lowest BCUT2D eigenvalue weighted by molar-refractivity contribution is -0.138. The second-order valence-electron chi connectivity index (χ2n) is 6.44. The molecule has 3 rings (SSSR count). The normalized spacial score (nSPS) is 15.8. The van der Waals surface area contributed by atoms with Gasteiger partial charge in [-0.1, -0.05) is 31.2 Å². The summed E-state index contributed by atoms with van der Waals surface area (Å²) >= 11 is 1.52. The molecule has 0 saturated carbocycles. The number of carbonyl (C=O) groups is 1. The molecule has 2 aromatic heterocycles. The van der Waals surface area contributed by atoms with Crippen LogP contribution < -0.4 is 10.9 Å². The Hall–Kier alpha value is -2.61. The largest absolute Gasteiger partial charge is 0.463 e. The maximum absolute atomic E-state index is 13.0. The van der Waals surface area contributed by atoms with Crippen molar-refractivity contribution in [3.8, 4) is 0 Å². The molecule has 1 aliphatic heterocycles. The molecule has 2 N–H and O–H groups in total. The van der Waals surface area contributed by atoms with E-state index in [1.807, 2.05) is 6.07 Å². The Kier molecular flexibility index (Phi) is 6.51. The molecule has 1 atom stereocenters. The first-order valence-electron chi connectivity index (χ1n) is 9.38. The summed E-state index contributed by atoms with van der Waals surface area (Å²) in [5.41, 5.74) is 1.91. The number of anilines is 1. The van der Waals surface area contributed by atoms with E-state index in [4.69, 9.17) is 4.74 Å². The minimum Gasteiger partial charge on any atom is -0.463 e. The molecule has 0 bridgehead atoms. The first-order valence-corrected chi connectivity index (χ1v) is 10.4. The first-order chi connectivity index (χ1) is 13.6. The van der Waals surface area contributed by atoms with Gasteiger partial charge in [0.05, 0.1) is 23.7 Å². The van der Waals surface area contributed by atoms with Crippen molar-refractivity contribution in [2.75, 3.05) is 17.7 Å². The van der Waals surface area contributed by atoms with Crippen LogP contribution in [0.1, 0.15) is 50.7 Å². The summed E-state index contributed by atoms with van der Waals surface area (Å²) in [7, 11) is 0. The molecule has 0 aromatic carbocycles. The monoisotopic (exact) mass is 400 g/mol. The lowest BCUT2D eigenvalue weighted by atomic mass is 9.83. The number of nitrogens with one attached hydrogen (secondary N) is 2. The molecule has 0 fully saturated rings. The van der Waals surface area contributed by atoms with E-state index < -0.39 is 11.9 Å². The number of unbranched alkanes of at least 4 members (excludes halogenated alkanes) is 1. The molecule has 7 nitrogen and oxygen atoms in total. The number of rotatable bonds is 7. The van der Waals surface area contributed by atoms with E-state index in [0.29, 0.717) is 27.8 Å². The smallest absolute Gasteiger partial charge is 0.336 e. The van der Waals surface area contributed by atoms with E-state index in [9.17, 15) is 9.59 Å². The van der Waals surface area contributed by atoms with Gasteiger partial charge in [-0.05, 0) is 31.9 Å². The van der Waals surface area contributed by atoms with Crippen LogP contribution in [0.25, 0.3) is 0 Å². The number of aromatic nitrogens is 3. The van der Waals surface area contributed by atoms with Gasteiger partial charge < -0.3 is 15.0 Å². The third-order valence-corrected chi connectivity index (χ3v) is 5.43. The van der Waals surface area contributed by atoms with Crippen molar-refractivity contribution >= 4 is 23.5 Å². The molecule has 2 aromatic rings. The predicted octanol–water partition coefficient (Wildman–Crippen LogP) is 3.45. The Morgan fingerprint density at radius 3 is 2.86 bits per heavy atom. The molecule has 148 valence electrons. The van der Waals surface area contributed by atoms with E-state index in [2.05, 4.69) is 27.2 Å². The number of pyridine rings is 1. The van der Waals surface area contributed by atoms with Crippen molar-refractivity contribution in [3.63, 3.8) is 0 Å². The zero-order valence-electron chi connectivity index (χ0n) is 16.2. The minimum absolute atomic E-state index is 0.254. The number of thioether (sulfide) groups is 1. The van der Waals surface area contributed by atoms with Gasteiger partial charge in [0.15, 0.2) is 5.16 Å². The topological polar surface area (TPSA) is 97.0 Å². The fourth-order valence-corrected chi connectivity index (χ4v) is 4.12. The van der Waals surface area contributed by atoms with Gasteiger partial charge in [0.1, 0.15) is 5.82 Å². The van der Waals surface area contributed by atoms with Crippen LogP contribution in [-0.4, -0.2) is 33.3 Å². The molecule has 3 heterocycles. The molecular formula is C20H24N4O3S. The number of carbonyl (C=O) groups excluding carboxylic acids is 1. The van der Waals surface area contributed by atoms with Crippen molar-refractivity contribution in [1.29, 1.82) is 0 Å². The number of H-pyrrole nitrogens is 1. The highest BCUT2D eigenvalue weighted by Gasteiger charge is 2.36. The molecule has 0 unspecified atom stereocenters. The number of esters is 1. The zero-order valence-corrected chi connectivity index (χ0v) is 17.1. The van der Waals surface area contributed by atoms with Crippen LogP contribution in [0.5, 0.6) is 0 Å². The van der Waals surface area contributed by atoms with E-state index in [1.165, 1.54) is 11.8 Å². The number of aromatic amines is 1. The summed E-state index contributed by atoms with van der Waals surface area (Å²) in [6, 6.07) is 3.63. The van der Waals surface area contributed by atoms with Crippen LogP contribution in [0, 0.1) is 0 Å². The molecule has 1 aliphatic rings. The maximum Gasteiger partial charge on any atom is 0.336 e.